The molecule has 0 fully saturated rings. The summed E-state index contributed by atoms with van der Waals surface area (Å²) in [5.41, 5.74) is 3.11. The number of aryl methyl sites for hydroxylation is 1. The summed E-state index contributed by atoms with van der Waals surface area (Å²) in [6.07, 6.45) is 7.58. The van der Waals surface area contributed by atoms with Gasteiger partial charge >= 0.3 is 0 Å². The highest BCUT2D eigenvalue weighted by Gasteiger charge is 2.16. The van der Waals surface area contributed by atoms with Crippen molar-refractivity contribution in [3.63, 3.8) is 0 Å². The molecule has 7 nitrogen and oxygen atoms in total. The maximum atomic E-state index is 13.5. The highest BCUT2D eigenvalue weighted by molar-refractivity contribution is 5.90. The molecule has 0 atom stereocenters. The van der Waals surface area contributed by atoms with Crippen molar-refractivity contribution in [1.82, 2.24) is 24.3 Å². The minimum absolute atomic E-state index is 0.0328. The van der Waals surface area contributed by atoms with Gasteiger partial charge in [0.2, 0.25) is 5.88 Å². The topological polar surface area (TPSA) is 92.5 Å². The number of halogens is 1. The standard InChI is InChI=1S/C18H13FN6O/c1-11-4-15(12-5-13(19)7-21-6-12)23-16-10-25(18(26)17(11)16)14-8-22-24(9-14)3-2-20/h4-10,26H,3H2,1H3. The second-order valence-corrected chi connectivity index (χ2v) is 5.85. The van der Waals surface area contributed by atoms with Gasteiger partial charge in [0.05, 0.1) is 46.9 Å². The number of fused-ring (bicyclic) bond motifs is 1. The van der Waals surface area contributed by atoms with Crippen molar-refractivity contribution in [3.8, 4) is 28.9 Å². The monoisotopic (exact) mass is 348 g/mol. The molecule has 0 saturated carbocycles. The van der Waals surface area contributed by atoms with Gasteiger partial charge in [-0.25, -0.2) is 9.37 Å². The number of nitrogens with zero attached hydrogens (tertiary/aromatic N) is 6. The van der Waals surface area contributed by atoms with Crippen LogP contribution in [0.4, 0.5) is 4.39 Å². The molecule has 4 rings (SSSR count). The molecule has 8 heteroatoms. The molecule has 0 aliphatic rings. The molecule has 4 aromatic heterocycles. The summed E-state index contributed by atoms with van der Waals surface area (Å²) in [6, 6.07) is 5.15. The van der Waals surface area contributed by atoms with Crippen molar-refractivity contribution in [3.05, 3.63) is 54.5 Å². The van der Waals surface area contributed by atoms with Crippen LogP contribution in [0.5, 0.6) is 5.88 Å². The Balaban J connectivity index is 1.86. The molecule has 4 aromatic rings. The fourth-order valence-electron chi connectivity index (χ4n) is 2.92. The van der Waals surface area contributed by atoms with Crippen LogP contribution >= 0.6 is 0 Å². The van der Waals surface area contributed by atoms with Crippen LogP contribution in [0.15, 0.2) is 43.1 Å². The van der Waals surface area contributed by atoms with Crippen molar-refractivity contribution < 1.29 is 9.50 Å². The van der Waals surface area contributed by atoms with E-state index in [1.54, 1.807) is 35.4 Å². The molecule has 1 N–H and O–H groups in total. The number of hydrogen-bond donors (Lipinski definition) is 1. The van der Waals surface area contributed by atoms with Crippen LogP contribution in [0.2, 0.25) is 0 Å². The van der Waals surface area contributed by atoms with Crippen molar-refractivity contribution in [2.75, 3.05) is 0 Å². The van der Waals surface area contributed by atoms with E-state index in [9.17, 15) is 9.50 Å². The summed E-state index contributed by atoms with van der Waals surface area (Å²) in [7, 11) is 0. The molecule has 0 unspecified atom stereocenters. The van der Waals surface area contributed by atoms with E-state index >= 15 is 0 Å². The number of nitriles is 1. The molecule has 0 saturated heterocycles. The number of aromatic hydroxyl groups is 1. The van der Waals surface area contributed by atoms with Crippen LogP contribution in [0.25, 0.3) is 27.8 Å². The lowest BCUT2D eigenvalue weighted by Gasteiger charge is -2.04. The van der Waals surface area contributed by atoms with E-state index in [4.69, 9.17) is 5.26 Å². The van der Waals surface area contributed by atoms with Gasteiger partial charge in [-0.15, -0.1) is 0 Å². The second kappa shape index (κ2) is 5.97. The van der Waals surface area contributed by atoms with E-state index < -0.39 is 5.82 Å². The molecule has 0 aromatic carbocycles. The van der Waals surface area contributed by atoms with Crippen LogP contribution in [0, 0.1) is 24.1 Å². The Bertz CT molecular complexity index is 1170. The Hall–Kier alpha value is -3.73. The van der Waals surface area contributed by atoms with Crippen LogP contribution in [0.3, 0.4) is 0 Å². The molecule has 0 aliphatic heterocycles. The third kappa shape index (κ3) is 2.56. The number of rotatable bonds is 3. The Morgan fingerprint density at radius 2 is 2.08 bits per heavy atom. The summed E-state index contributed by atoms with van der Waals surface area (Å²) < 4.78 is 16.5. The lowest BCUT2D eigenvalue weighted by Crippen LogP contribution is -1.94. The van der Waals surface area contributed by atoms with Gasteiger partial charge in [-0.1, -0.05) is 0 Å². The first-order valence-corrected chi connectivity index (χ1v) is 7.79. The maximum absolute atomic E-state index is 13.5. The third-order valence-corrected chi connectivity index (χ3v) is 4.08. The Morgan fingerprint density at radius 1 is 1.23 bits per heavy atom. The first-order chi connectivity index (χ1) is 12.6. The number of aromatic nitrogens is 5. The Labute approximate surface area is 147 Å². The summed E-state index contributed by atoms with van der Waals surface area (Å²) in [5, 5.41) is 24.1. The fourth-order valence-corrected chi connectivity index (χ4v) is 2.92. The largest absolute Gasteiger partial charge is 0.494 e. The van der Waals surface area contributed by atoms with Gasteiger partial charge in [0.15, 0.2) is 0 Å². The molecule has 0 radical (unpaired) electrons. The van der Waals surface area contributed by atoms with Crippen LogP contribution in [-0.4, -0.2) is 29.4 Å². The highest BCUT2D eigenvalue weighted by Crippen LogP contribution is 2.33. The molecular weight excluding hydrogens is 335 g/mol. The molecule has 4 heterocycles. The van der Waals surface area contributed by atoms with Gasteiger partial charge in [-0.3, -0.25) is 14.2 Å². The lowest BCUT2D eigenvalue weighted by molar-refractivity contribution is 0.448. The smallest absolute Gasteiger partial charge is 0.205 e. The molecule has 128 valence electrons. The van der Waals surface area contributed by atoms with Gasteiger partial charge in [-0.2, -0.15) is 10.4 Å². The normalized spacial score (nSPS) is 11.0. The zero-order valence-corrected chi connectivity index (χ0v) is 13.8. The van der Waals surface area contributed by atoms with E-state index in [2.05, 4.69) is 15.1 Å². The van der Waals surface area contributed by atoms with Crippen LogP contribution in [-0.2, 0) is 6.54 Å². The minimum Gasteiger partial charge on any atom is -0.494 e. The first kappa shape index (κ1) is 15.8. The van der Waals surface area contributed by atoms with Gasteiger partial charge in [-0.05, 0) is 24.6 Å². The van der Waals surface area contributed by atoms with Crippen molar-refractivity contribution in [1.29, 1.82) is 5.26 Å². The average molecular weight is 348 g/mol. The molecule has 0 bridgehead atoms. The zero-order valence-electron chi connectivity index (χ0n) is 13.8. The molecule has 0 amide bonds. The molecule has 26 heavy (non-hydrogen) atoms. The van der Waals surface area contributed by atoms with E-state index in [1.165, 1.54) is 10.7 Å². The van der Waals surface area contributed by atoms with Gasteiger partial charge < -0.3 is 5.11 Å². The summed E-state index contributed by atoms with van der Waals surface area (Å²) in [4.78, 5) is 8.38. The van der Waals surface area contributed by atoms with Gasteiger partial charge in [0.1, 0.15) is 12.4 Å². The lowest BCUT2D eigenvalue weighted by atomic mass is 10.1. The van der Waals surface area contributed by atoms with Crippen LogP contribution < -0.4 is 0 Å². The first-order valence-electron chi connectivity index (χ1n) is 7.79. The van der Waals surface area contributed by atoms with Crippen LogP contribution in [0.1, 0.15) is 5.56 Å². The Kier molecular flexibility index (Phi) is 3.62. The summed E-state index contributed by atoms with van der Waals surface area (Å²) in [5.74, 6) is -0.405. The van der Waals surface area contributed by atoms with E-state index in [-0.39, 0.29) is 12.4 Å². The van der Waals surface area contributed by atoms with Gasteiger partial charge in [0.25, 0.3) is 0 Å². The maximum Gasteiger partial charge on any atom is 0.205 e. The molecular formula is C18H13FN6O. The third-order valence-electron chi connectivity index (χ3n) is 4.08. The summed E-state index contributed by atoms with van der Waals surface area (Å²) in [6.45, 7) is 1.97. The fraction of sp³-hybridized carbons (Fsp3) is 0.111. The summed E-state index contributed by atoms with van der Waals surface area (Å²) >= 11 is 0. The van der Waals surface area contributed by atoms with E-state index in [1.807, 2.05) is 13.0 Å². The van der Waals surface area contributed by atoms with Crippen molar-refractivity contribution >= 4 is 10.9 Å². The van der Waals surface area contributed by atoms with E-state index in [0.29, 0.717) is 27.8 Å². The number of hydrogen-bond acceptors (Lipinski definition) is 5. The predicted octanol–water partition coefficient (Wildman–Crippen LogP) is 2.96. The van der Waals surface area contributed by atoms with Gasteiger partial charge in [0, 0.05) is 18.0 Å². The van der Waals surface area contributed by atoms with Crippen molar-refractivity contribution in [2.45, 2.75) is 13.5 Å². The zero-order chi connectivity index (χ0) is 18.3. The second-order valence-electron chi connectivity index (χ2n) is 5.85. The minimum atomic E-state index is -0.438. The molecule has 0 spiro atoms. The highest BCUT2D eigenvalue weighted by atomic mass is 19.1. The van der Waals surface area contributed by atoms with E-state index in [0.717, 1.165) is 11.8 Å². The quantitative estimate of drug-likeness (QED) is 0.614. The molecule has 0 aliphatic carbocycles. The van der Waals surface area contributed by atoms with Crippen molar-refractivity contribution in [2.24, 2.45) is 0 Å². The SMILES string of the molecule is Cc1cc(-c2cncc(F)c2)nc2cn(-c3cnn(CC#N)c3)c(O)c12. The Morgan fingerprint density at radius 3 is 2.85 bits per heavy atom. The number of pyridine rings is 2. The average Bonchev–Trinajstić information content (AvgIpc) is 3.20. The predicted molar refractivity (Wildman–Crippen MR) is 92.1 cm³/mol.